The van der Waals surface area contributed by atoms with Crippen LogP contribution in [0.1, 0.15) is 24.0 Å². The number of aromatic amines is 1. The van der Waals surface area contributed by atoms with E-state index in [1.54, 1.807) is 0 Å². The normalized spacial score (nSPS) is 10.9. The monoisotopic (exact) mass is 249 g/mol. The average molecular weight is 249 g/mol. The number of fused-ring (bicyclic) bond motifs is 1. The van der Waals surface area contributed by atoms with Gasteiger partial charge in [0, 0.05) is 17.1 Å². The van der Waals surface area contributed by atoms with Crippen LogP contribution in [0.2, 0.25) is 0 Å². The Kier molecular flexibility index (Phi) is 3.64. The lowest BCUT2D eigenvalue weighted by molar-refractivity contribution is 0.737. The van der Waals surface area contributed by atoms with Crippen molar-refractivity contribution >= 4 is 10.9 Å². The number of aryl methyl sites for hydroxylation is 2. The summed E-state index contributed by atoms with van der Waals surface area (Å²) in [7, 11) is 0. The van der Waals surface area contributed by atoms with E-state index in [0.717, 1.165) is 6.42 Å². The van der Waals surface area contributed by atoms with Gasteiger partial charge in [-0.3, -0.25) is 0 Å². The number of rotatable bonds is 5. The van der Waals surface area contributed by atoms with Crippen molar-refractivity contribution in [2.24, 2.45) is 0 Å². The average Bonchev–Trinajstić information content (AvgIpc) is 2.88. The molecular weight excluding hydrogens is 230 g/mol. The molecule has 0 saturated carbocycles. The molecule has 0 amide bonds. The summed E-state index contributed by atoms with van der Waals surface area (Å²) in [5.41, 5.74) is 4.14. The van der Waals surface area contributed by atoms with E-state index >= 15 is 0 Å². The third-order valence-corrected chi connectivity index (χ3v) is 3.68. The van der Waals surface area contributed by atoms with Crippen LogP contribution in [0.15, 0.2) is 60.8 Å². The van der Waals surface area contributed by atoms with Crippen LogP contribution in [-0.4, -0.2) is 4.98 Å². The molecule has 1 heteroatoms. The quantitative estimate of drug-likeness (QED) is 0.629. The Bertz CT molecular complexity index is 637. The Balaban J connectivity index is 1.55. The lowest BCUT2D eigenvalue weighted by Crippen LogP contribution is -1.88. The molecule has 0 fully saturated rings. The second kappa shape index (κ2) is 5.75. The van der Waals surface area contributed by atoms with Gasteiger partial charge in [0.05, 0.1) is 0 Å². The van der Waals surface area contributed by atoms with Crippen molar-refractivity contribution in [2.75, 3.05) is 0 Å². The maximum atomic E-state index is 3.35. The first-order valence-corrected chi connectivity index (χ1v) is 7.02. The minimum atomic E-state index is 1.16. The number of hydrogen-bond acceptors (Lipinski definition) is 0. The van der Waals surface area contributed by atoms with Gasteiger partial charge in [-0.15, -0.1) is 0 Å². The summed E-state index contributed by atoms with van der Waals surface area (Å²) in [6.45, 7) is 0. The van der Waals surface area contributed by atoms with Gasteiger partial charge < -0.3 is 4.98 Å². The van der Waals surface area contributed by atoms with Gasteiger partial charge in [0.15, 0.2) is 0 Å². The highest BCUT2D eigenvalue weighted by Crippen LogP contribution is 2.19. The van der Waals surface area contributed by atoms with Crippen LogP contribution in [0.4, 0.5) is 0 Å². The highest BCUT2D eigenvalue weighted by atomic mass is 14.7. The molecule has 0 spiro atoms. The minimum Gasteiger partial charge on any atom is -0.361 e. The summed E-state index contributed by atoms with van der Waals surface area (Å²) >= 11 is 0. The highest BCUT2D eigenvalue weighted by molar-refractivity contribution is 5.82. The van der Waals surface area contributed by atoms with Gasteiger partial charge in [0.25, 0.3) is 0 Å². The molecule has 1 heterocycles. The fraction of sp³-hybridized carbons (Fsp3) is 0.222. The predicted octanol–water partition coefficient (Wildman–Crippen LogP) is 4.73. The molecule has 0 radical (unpaired) electrons. The first-order chi connectivity index (χ1) is 9.43. The Morgan fingerprint density at radius 3 is 2.37 bits per heavy atom. The molecule has 0 aliphatic carbocycles. The smallest absolute Gasteiger partial charge is 0.0456 e. The van der Waals surface area contributed by atoms with Crippen molar-refractivity contribution < 1.29 is 0 Å². The van der Waals surface area contributed by atoms with Gasteiger partial charge in [0.1, 0.15) is 0 Å². The van der Waals surface area contributed by atoms with E-state index in [2.05, 4.69) is 65.8 Å². The molecule has 0 atom stereocenters. The standard InChI is InChI=1S/C18H19N/c1-2-8-15(9-3-1)10-4-5-11-16-14-19-18-13-7-6-12-17(16)18/h1-3,6-9,12-14,19H,4-5,10-11H2. The lowest BCUT2D eigenvalue weighted by Gasteiger charge is -2.01. The predicted molar refractivity (Wildman–Crippen MR) is 81.4 cm³/mol. The van der Waals surface area contributed by atoms with E-state index in [4.69, 9.17) is 0 Å². The van der Waals surface area contributed by atoms with Crippen molar-refractivity contribution in [2.45, 2.75) is 25.7 Å². The first kappa shape index (κ1) is 12.0. The molecule has 3 rings (SSSR count). The maximum absolute atomic E-state index is 3.35. The van der Waals surface area contributed by atoms with Gasteiger partial charge in [-0.05, 0) is 42.9 Å². The van der Waals surface area contributed by atoms with Crippen molar-refractivity contribution in [1.29, 1.82) is 0 Å². The number of unbranched alkanes of at least 4 members (excludes halogenated alkanes) is 1. The second-order valence-corrected chi connectivity index (χ2v) is 5.05. The molecule has 0 saturated heterocycles. The Morgan fingerprint density at radius 2 is 1.47 bits per heavy atom. The van der Waals surface area contributed by atoms with Crippen LogP contribution in [0.3, 0.4) is 0 Å². The van der Waals surface area contributed by atoms with Crippen molar-refractivity contribution in [3.8, 4) is 0 Å². The van der Waals surface area contributed by atoms with Crippen LogP contribution in [0.5, 0.6) is 0 Å². The fourth-order valence-corrected chi connectivity index (χ4v) is 2.63. The fourth-order valence-electron chi connectivity index (χ4n) is 2.63. The van der Waals surface area contributed by atoms with Gasteiger partial charge in [-0.1, -0.05) is 48.5 Å². The molecule has 96 valence electrons. The lowest BCUT2D eigenvalue weighted by atomic mass is 10.0. The second-order valence-electron chi connectivity index (χ2n) is 5.05. The van der Waals surface area contributed by atoms with Crippen molar-refractivity contribution in [3.63, 3.8) is 0 Å². The van der Waals surface area contributed by atoms with Crippen molar-refractivity contribution in [3.05, 3.63) is 71.9 Å². The molecule has 3 aromatic rings. The minimum absolute atomic E-state index is 1.16. The first-order valence-electron chi connectivity index (χ1n) is 7.02. The van der Waals surface area contributed by atoms with E-state index < -0.39 is 0 Å². The van der Waals surface area contributed by atoms with Gasteiger partial charge >= 0.3 is 0 Å². The zero-order valence-electron chi connectivity index (χ0n) is 11.1. The van der Waals surface area contributed by atoms with Gasteiger partial charge in [-0.25, -0.2) is 0 Å². The molecule has 2 aromatic carbocycles. The van der Waals surface area contributed by atoms with Crippen LogP contribution in [0.25, 0.3) is 10.9 Å². The number of aromatic nitrogens is 1. The van der Waals surface area contributed by atoms with E-state index in [-0.39, 0.29) is 0 Å². The third kappa shape index (κ3) is 2.87. The number of benzene rings is 2. The number of nitrogens with one attached hydrogen (secondary N) is 1. The largest absolute Gasteiger partial charge is 0.361 e. The van der Waals surface area contributed by atoms with E-state index in [1.165, 1.54) is 41.3 Å². The number of hydrogen-bond donors (Lipinski definition) is 1. The Labute approximate surface area is 114 Å². The SMILES string of the molecule is c1ccc(CCCCc2c[nH]c3ccccc23)cc1. The third-order valence-electron chi connectivity index (χ3n) is 3.68. The molecular formula is C18H19N. The van der Waals surface area contributed by atoms with Crippen LogP contribution in [0, 0.1) is 0 Å². The van der Waals surface area contributed by atoms with Crippen LogP contribution >= 0.6 is 0 Å². The maximum Gasteiger partial charge on any atom is 0.0456 e. The summed E-state index contributed by atoms with van der Waals surface area (Å²) in [6, 6.07) is 19.3. The topological polar surface area (TPSA) is 15.8 Å². The van der Waals surface area contributed by atoms with E-state index in [0.29, 0.717) is 0 Å². The Morgan fingerprint density at radius 1 is 0.737 bits per heavy atom. The molecule has 19 heavy (non-hydrogen) atoms. The zero-order valence-corrected chi connectivity index (χ0v) is 11.1. The Hall–Kier alpha value is -2.02. The molecule has 0 aliphatic heterocycles. The van der Waals surface area contributed by atoms with E-state index in [9.17, 15) is 0 Å². The van der Waals surface area contributed by atoms with Gasteiger partial charge in [0.2, 0.25) is 0 Å². The summed E-state index contributed by atoms with van der Waals surface area (Å²) in [6.07, 6.45) is 7.01. The van der Waals surface area contributed by atoms with Crippen LogP contribution < -0.4 is 0 Å². The number of para-hydroxylation sites is 1. The van der Waals surface area contributed by atoms with Gasteiger partial charge in [-0.2, -0.15) is 0 Å². The molecule has 1 N–H and O–H groups in total. The molecule has 0 bridgehead atoms. The van der Waals surface area contributed by atoms with Crippen LogP contribution in [-0.2, 0) is 12.8 Å². The molecule has 1 nitrogen and oxygen atoms in total. The summed E-state index contributed by atoms with van der Waals surface area (Å²) in [5.74, 6) is 0. The van der Waals surface area contributed by atoms with Crippen molar-refractivity contribution in [1.82, 2.24) is 4.98 Å². The summed E-state index contributed by atoms with van der Waals surface area (Å²) in [5, 5.41) is 1.38. The summed E-state index contributed by atoms with van der Waals surface area (Å²) < 4.78 is 0. The zero-order chi connectivity index (χ0) is 12.9. The highest BCUT2D eigenvalue weighted by Gasteiger charge is 2.02. The molecule has 0 aliphatic rings. The number of H-pyrrole nitrogens is 1. The molecule has 1 aromatic heterocycles. The molecule has 0 unspecified atom stereocenters. The summed E-state index contributed by atoms with van der Waals surface area (Å²) in [4.78, 5) is 3.35. The van der Waals surface area contributed by atoms with E-state index in [1.807, 2.05) is 0 Å².